The molecule has 1 N–H and O–H groups in total. The number of hydrogen-bond acceptors (Lipinski definition) is 3. The number of fused-ring (bicyclic) bond motifs is 3. The van der Waals surface area contributed by atoms with E-state index in [2.05, 4.69) is 41.4 Å². The summed E-state index contributed by atoms with van der Waals surface area (Å²) in [5, 5.41) is 3.70. The van der Waals surface area contributed by atoms with E-state index in [1.165, 1.54) is 38.2 Å². The standard InChI is InChI=1S/C16H24N2O/c1-2-11-19-15-5-3-14(4-6-15)17-16-12-18-9-7-13(16)8-10-18/h3-6,13,16-17H,2,7-12H2,1H3. The van der Waals surface area contributed by atoms with Crippen molar-refractivity contribution in [3.8, 4) is 5.75 Å². The Morgan fingerprint density at radius 3 is 2.53 bits per heavy atom. The molecule has 104 valence electrons. The summed E-state index contributed by atoms with van der Waals surface area (Å²) in [6.07, 6.45) is 3.77. The lowest BCUT2D eigenvalue weighted by molar-refractivity contribution is 0.0975. The van der Waals surface area contributed by atoms with E-state index in [4.69, 9.17) is 4.74 Å². The van der Waals surface area contributed by atoms with E-state index < -0.39 is 0 Å². The summed E-state index contributed by atoms with van der Waals surface area (Å²) in [6, 6.07) is 9.05. The van der Waals surface area contributed by atoms with Crippen LogP contribution in [-0.2, 0) is 0 Å². The highest BCUT2D eigenvalue weighted by atomic mass is 16.5. The first-order valence-corrected chi connectivity index (χ1v) is 7.57. The van der Waals surface area contributed by atoms with Gasteiger partial charge in [-0.05, 0) is 62.5 Å². The minimum Gasteiger partial charge on any atom is -0.494 e. The number of ether oxygens (including phenoxy) is 1. The molecular weight excluding hydrogens is 236 g/mol. The molecule has 4 rings (SSSR count). The van der Waals surface area contributed by atoms with Crippen molar-refractivity contribution in [2.75, 3.05) is 31.6 Å². The predicted molar refractivity (Wildman–Crippen MR) is 78.8 cm³/mol. The van der Waals surface area contributed by atoms with Crippen molar-refractivity contribution in [2.24, 2.45) is 5.92 Å². The van der Waals surface area contributed by atoms with Crippen molar-refractivity contribution in [3.63, 3.8) is 0 Å². The molecule has 0 aliphatic carbocycles. The van der Waals surface area contributed by atoms with E-state index in [0.29, 0.717) is 6.04 Å². The number of hydrogen-bond donors (Lipinski definition) is 1. The van der Waals surface area contributed by atoms with Crippen LogP contribution in [0.15, 0.2) is 24.3 Å². The Labute approximate surface area is 115 Å². The summed E-state index contributed by atoms with van der Waals surface area (Å²) in [6.45, 7) is 6.73. The number of nitrogens with zero attached hydrogens (tertiary/aromatic N) is 1. The number of piperidine rings is 3. The monoisotopic (exact) mass is 260 g/mol. The number of rotatable bonds is 5. The van der Waals surface area contributed by atoms with Crippen LogP contribution in [0.4, 0.5) is 5.69 Å². The van der Waals surface area contributed by atoms with E-state index in [1.54, 1.807) is 0 Å². The molecule has 3 saturated heterocycles. The molecule has 3 aliphatic rings. The molecule has 1 aromatic carbocycles. The van der Waals surface area contributed by atoms with Crippen molar-refractivity contribution >= 4 is 5.69 Å². The van der Waals surface area contributed by atoms with Crippen LogP contribution in [0.2, 0.25) is 0 Å². The molecule has 0 saturated carbocycles. The first kappa shape index (κ1) is 12.8. The zero-order valence-corrected chi connectivity index (χ0v) is 11.8. The molecule has 1 atom stereocenters. The topological polar surface area (TPSA) is 24.5 Å². The maximum Gasteiger partial charge on any atom is 0.119 e. The van der Waals surface area contributed by atoms with Crippen molar-refractivity contribution in [1.82, 2.24) is 4.90 Å². The maximum absolute atomic E-state index is 5.61. The van der Waals surface area contributed by atoms with Crippen molar-refractivity contribution in [1.29, 1.82) is 0 Å². The fourth-order valence-electron chi connectivity index (χ4n) is 3.21. The van der Waals surface area contributed by atoms with E-state index in [1.807, 2.05) is 0 Å². The van der Waals surface area contributed by atoms with Crippen LogP contribution in [0.1, 0.15) is 26.2 Å². The molecular formula is C16H24N2O. The molecule has 3 fully saturated rings. The summed E-state index contributed by atoms with van der Waals surface area (Å²) in [5.74, 6) is 1.84. The highest BCUT2D eigenvalue weighted by Crippen LogP contribution is 2.30. The Balaban J connectivity index is 1.57. The molecule has 0 radical (unpaired) electrons. The predicted octanol–water partition coefficient (Wildman–Crippen LogP) is 2.98. The number of nitrogens with one attached hydrogen (secondary N) is 1. The Kier molecular flexibility index (Phi) is 3.92. The van der Waals surface area contributed by atoms with Crippen LogP contribution in [-0.4, -0.2) is 37.2 Å². The normalized spacial score (nSPS) is 29.2. The van der Waals surface area contributed by atoms with Crippen LogP contribution in [0, 0.1) is 5.92 Å². The van der Waals surface area contributed by atoms with Gasteiger partial charge in [0.2, 0.25) is 0 Å². The summed E-state index contributed by atoms with van der Waals surface area (Å²) in [5.41, 5.74) is 1.22. The average molecular weight is 260 g/mol. The Morgan fingerprint density at radius 2 is 1.95 bits per heavy atom. The third-order valence-electron chi connectivity index (χ3n) is 4.34. The second-order valence-corrected chi connectivity index (χ2v) is 5.76. The van der Waals surface area contributed by atoms with Gasteiger partial charge in [-0.3, -0.25) is 0 Å². The van der Waals surface area contributed by atoms with Crippen LogP contribution < -0.4 is 10.1 Å². The number of anilines is 1. The quantitative estimate of drug-likeness (QED) is 0.881. The molecule has 1 aromatic rings. The molecule has 3 heterocycles. The summed E-state index contributed by atoms with van der Waals surface area (Å²) in [7, 11) is 0. The van der Waals surface area contributed by atoms with Gasteiger partial charge in [0.1, 0.15) is 5.75 Å². The highest BCUT2D eigenvalue weighted by Gasteiger charge is 2.33. The molecule has 1 unspecified atom stereocenters. The van der Waals surface area contributed by atoms with Gasteiger partial charge in [0.15, 0.2) is 0 Å². The minimum atomic E-state index is 0.630. The fourth-order valence-corrected chi connectivity index (χ4v) is 3.21. The van der Waals surface area contributed by atoms with Gasteiger partial charge in [0.25, 0.3) is 0 Å². The van der Waals surface area contributed by atoms with Crippen molar-refractivity contribution in [2.45, 2.75) is 32.2 Å². The first-order valence-electron chi connectivity index (χ1n) is 7.57. The SMILES string of the molecule is CCCOc1ccc(NC2CN3CCC2CC3)cc1. The van der Waals surface area contributed by atoms with Crippen LogP contribution in [0.5, 0.6) is 5.75 Å². The van der Waals surface area contributed by atoms with Crippen LogP contribution in [0.3, 0.4) is 0 Å². The van der Waals surface area contributed by atoms with Gasteiger partial charge in [0.05, 0.1) is 6.61 Å². The lowest BCUT2D eigenvalue weighted by Crippen LogP contribution is -2.53. The molecule has 3 aliphatic heterocycles. The Bertz CT molecular complexity index is 396. The molecule has 0 spiro atoms. The molecule has 19 heavy (non-hydrogen) atoms. The zero-order valence-electron chi connectivity index (χ0n) is 11.8. The zero-order chi connectivity index (χ0) is 13.1. The molecule has 2 bridgehead atoms. The summed E-state index contributed by atoms with van der Waals surface area (Å²) < 4.78 is 5.61. The van der Waals surface area contributed by atoms with Gasteiger partial charge in [-0.25, -0.2) is 0 Å². The second-order valence-electron chi connectivity index (χ2n) is 5.76. The fraction of sp³-hybridized carbons (Fsp3) is 0.625. The third kappa shape index (κ3) is 3.03. The van der Waals surface area contributed by atoms with Gasteiger partial charge < -0.3 is 15.0 Å². The van der Waals surface area contributed by atoms with E-state index >= 15 is 0 Å². The van der Waals surface area contributed by atoms with Gasteiger partial charge in [-0.2, -0.15) is 0 Å². The van der Waals surface area contributed by atoms with Crippen LogP contribution in [0.25, 0.3) is 0 Å². The average Bonchev–Trinajstić information content (AvgIpc) is 2.48. The molecule has 0 amide bonds. The Hall–Kier alpha value is -1.22. The van der Waals surface area contributed by atoms with Gasteiger partial charge in [-0.1, -0.05) is 6.92 Å². The third-order valence-corrected chi connectivity index (χ3v) is 4.34. The van der Waals surface area contributed by atoms with E-state index in [0.717, 1.165) is 24.7 Å². The Morgan fingerprint density at radius 1 is 1.21 bits per heavy atom. The lowest BCUT2D eigenvalue weighted by Gasteiger charge is -2.45. The largest absolute Gasteiger partial charge is 0.494 e. The van der Waals surface area contributed by atoms with Crippen molar-refractivity contribution < 1.29 is 4.74 Å². The summed E-state index contributed by atoms with van der Waals surface area (Å²) in [4.78, 5) is 2.58. The highest BCUT2D eigenvalue weighted by molar-refractivity contribution is 5.47. The molecule has 3 heteroatoms. The van der Waals surface area contributed by atoms with Gasteiger partial charge in [-0.15, -0.1) is 0 Å². The van der Waals surface area contributed by atoms with E-state index in [-0.39, 0.29) is 0 Å². The lowest BCUT2D eigenvalue weighted by atomic mass is 9.84. The number of benzene rings is 1. The summed E-state index contributed by atoms with van der Waals surface area (Å²) >= 11 is 0. The smallest absolute Gasteiger partial charge is 0.119 e. The second kappa shape index (κ2) is 5.83. The maximum atomic E-state index is 5.61. The molecule has 3 nitrogen and oxygen atoms in total. The minimum absolute atomic E-state index is 0.630. The molecule has 0 aromatic heterocycles. The van der Waals surface area contributed by atoms with Gasteiger partial charge in [0, 0.05) is 18.3 Å². The van der Waals surface area contributed by atoms with E-state index in [9.17, 15) is 0 Å². The first-order chi connectivity index (χ1) is 9.35. The van der Waals surface area contributed by atoms with Crippen LogP contribution >= 0.6 is 0 Å². The van der Waals surface area contributed by atoms with Crippen molar-refractivity contribution in [3.05, 3.63) is 24.3 Å². The van der Waals surface area contributed by atoms with Gasteiger partial charge >= 0.3 is 0 Å².